The van der Waals surface area contributed by atoms with Crippen molar-refractivity contribution in [2.45, 2.75) is 20.3 Å². The second-order valence-electron chi connectivity index (χ2n) is 6.75. The van der Waals surface area contributed by atoms with E-state index in [2.05, 4.69) is 10.5 Å². The summed E-state index contributed by atoms with van der Waals surface area (Å²) in [5, 5.41) is 19.2. The lowest BCUT2D eigenvalue weighted by atomic mass is 10.0. The number of non-ortho nitro benzene ring substituents is 1. The number of nitro benzene ring substituents is 1. The molecular weight excluding hydrogens is 410 g/mol. The van der Waals surface area contributed by atoms with Crippen LogP contribution in [-0.4, -0.2) is 20.6 Å². The monoisotopic (exact) mass is 425 g/mol. The number of carbonyl (C=O) groups excluding carboxylic acids is 1. The molecule has 29 heavy (non-hydrogen) atoms. The van der Waals surface area contributed by atoms with E-state index < -0.39 is 4.92 Å². The third-order valence-corrected chi connectivity index (χ3v) is 6.19. The number of aryl methyl sites for hydroxylation is 1. The van der Waals surface area contributed by atoms with E-state index >= 15 is 0 Å². The van der Waals surface area contributed by atoms with Gasteiger partial charge < -0.3 is 0 Å². The van der Waals surface area contributed by atoms with Gasteiger partial charge >= 0.3 is 0 Å². The number of rotatable bonds is 4. The topological polar surface area (TPSA) is 78.0 Å². The van der Waals surface area contributed by atoms with E-state index in [1.165, 1.54) is 28.9 Å². The van der Waals surface area contributed by atoms with E-state index in [1.54, 1.807) is 11.3 Å². The van der Waals surface area contributed by atoms with Gasteiger partial charge in [0.2, 0.25) is 0 Å². The van der Waals surface area contributed by atoms with Crippen LogP contribution in [0.15, 0.2) is 47.8 Å². The molecule has 0 bridgehead atoms. The van der Waals surface area contributed by atoms with Gasteiger partial charge in [0.05, 0.1) is 10.6 Å². The van der Waals surface area contributed by atoms with Crippen LogP contribution in [0.25, 0.3) is 10.1 Å². The number of hydrogen-bond donors (Lipinski definition) is 0. The van der Waals surface area contributed by atoms with E-state index in [4.69, 9.17) is 11.6 Å². The Morgan fingerprint density at radius 2 is 1.93 bits per heavy atom. The van der Waals surface area contributed by atoms with Gasteiger partial charge in [-0.3, -0.25) is 14.9 Å². The second kappa shape index (κ2) is 7.42. The Hall–Kier alpha value is -3.03. The summed E-state index contributed by atoms with van der Waals surface area (Å²) in [6, 6.07) is 11.4. The number of benzene rings is 2. The fourth-order valence-corrected chi connectivity index (χ4v) is 4.47. The molecule has 2 heterocycles. The fraction of sp³-hybridized carbons (Fsp3) is 0.143. The van der Waals surface area contributed by atoms with Crippen LogP contribution in [0.5, 0.6) is 0 Å². The van der Waals surface area contributed by atoms with Gasteiger partial charge in [-0.25, -0.2) is 4.68 Å². The first-order chi connectivity index (χ1) is 13.8. The van der Waals surface area contributed by atoms with Crippen molar-refractivity contribution in [3.8, 4) is 0 Å². The predicted octanol–water partition coefficient (Wildman–Crippen LogP) is 5.56. The number of thiophene rings is 1. The molecule has 0 saturated heterocycles. The largest absolute Gasteiger partial charge is 0.278 e. The van der Waals surface area contributed by atoms with E-state index in [0.717, 1.165) is 32.6 Å². The van der Waals surface area contributed by atoms with Crippen LogP contribution in [0.4, 0.5) is 5.69 Å². The van der Waals surface area contributed by atoms with Crippen LogP contribution in [0.3, 0.4) is 0 Å². The smallest absolute Gasteiger partial charge is 0.267 e. The molecule has 0 atom stereocenters. The van der Waals surface area contributed by atoms with Crippen molar-refractivity contribution in [1.82, 2.24) is 9.78 Å². The molecule has 0 spiro atoms. The third kappa shape index (κ3) is 3.54. The second-order valence-corrected chi connectivity index (χ2v) is 8.10. The summed E-state index contributed by atoms with van der Waals surface area (Å²) in [4.78, 5) is 23.2. The van der Waals surface area contributed by atoms with Crippen molar-refractivity contribution in [1.29, 1.82) is 0 Å². The zero-order valence-electron chi connectivity index (χ0n) is 15.7. The molecule has 0 saturated carbocycles. The SMILES string of the molecule is Cc1nn(C(=O)c2ccc([N+](=O)[O-])cc2)c(C)c1Cc1csc2ccc(Cl)cc12. The number of hydrogen-bond acceptors (Lipinski definition) is 5. The first kappa shape index (κ1) is 19.3. The number of nitrogens with zero attached hydrogens (tertiary/aromatic N) is 3. The minimum absolute atomic E-state index is 0.0568. The molecule has 0 amide bonds. The van der Waals surface area contributed by atoms with Crippen LogP contribution in [0, 0.1) is 24.0 Å². The average Bonchev–Trinajstić information content (AvgIpc) is 3.23. The van der Waals surface area contributed by atoms with Gasteiger partial charge in [-0.15, -0.1) is 11.3 Å². The molecule has 0 fully saturated rings. The van der Waals surface area contributed by atoms with Crippen LogP contribution in [-0.2, 0) is 6.42 Å². The van der Waals surface area contributed by atoms with Crippen molar-refractivity contribution in [2.24, 2.45) is 0 Å². The first-order valence-corrected chi connectivity index (χ1v) is 10.1. The van der Waals surface area contributed by atoms with Crippen LogP contribution in [0.2, 0.25) is 5.02 Å². The van der Waals surface area contributed by atoms with Crippen molar-refractivity contribution in [3.63, 3.8) is 0 Å². The van der Waals surface area contributed by atoms with E-state index in [9.17, 15) is 14.9 Å². The molecule has 4 rings (SSSR count). The summed E-state index contributed by atoms with van der Waals surface area (Å²) < 4.78 is 2.53. The standard InChI is InChI=1S/C21H16ClN3O3S/c1-12-18(9-15-11-29-20-8-5-16(22)10-19(15)20)13(2)24(23-12)21(26)14-3-6-17(7-4-14)25(27)28/h3-8,10-11H,9H2,1-2H3. The molecule has 2 aromatic heterocycles. The van der Waals surface area contributed by atoms with E-state index in [-0.39, 0.29) is 11.6 Å². The van der Waals surface area contributed by atoms with Gasteiger partial charge in [0, 0.05) is 45.1 Å². The maximum absolute atomic E-state index is 12.9. The number of fused-ring (bicyclic) bond motifs is 1. The Kier molecular flexibility index (Phi) is 4.94. The highest BCUT2D eigenvalue weighted by Gasteiger charge is 2.20. The number of carbonyl (C=O) groups is 1. The molecule has 0 N–H and O–H groups in total. The van der Waals surface area contributed by atoms with Gasteiger partial charge in [0.1, 0.15) is 0 Å². The highest BCUT2D eigenvalue weighted by atomic mass is 35.5. The molecule has 0 aliphatic carbocycles. The zero-order valence-corrected chi connectivity index (χ0v) is 17.3. The summed E-state index contributed by atoms with van der Waals surface area (Å²) in [6.45, 7) is 3.74. The maximum atomic E-state index is 12.9. The van der Waals surface area contributed by atoms with Gasteiger partial charge in [-0.1, -0.05) is 11.6 Å². The van der Waals surface area contributed by atoms with Gasteiger partial charge in [-0.05, 0) is 60.5 Å². The summed E-state index contributed by atoms with van der Waals surface area (Å²) >= 11 is 7.82. The van der Waals surface area contributed by atoms with Gasteiger partial charge in [-0.2, -0.15) is 5.10 Å². The number of aromatic nitrogens is 2. The minimum atomic E-state index is -0.493. The Morgan fingerprint density at radius 1 is 1.21 bits per heavy atom. The highest BCUT2D eigenvalue weighted by molar-refractivity contribution is 7.17. The lowest BCUT2D eigenvalue weighted by Crippen LogP contribution is -2.15. The van der Waals surface area contributed by atoms with Crippen molar-refractivity contribution in [2.75, 3.05) is 0 Å². The molecule has 8 heteroatoms. The molecule has 0 aliphatic rings. The van der Waals surface area contributed by atoms with Crippen molar-refractivity contribution >= 4 is 44.6 Å². The lowest BCUT2D eigenvalue weighted by molar-refractivity contribution is -0.384. The van der Waals surface area contributed by atoms with E-state index in [0.29, 0.717) is 17.0 Å². The molecule has 146 valence electrons. The lowest BCUT2D eigenvalue weighted by Gasteiger charge is -2.05. The quantitative estimate of drug-likeness (QED) is 0.317. The van der Waals surface area contributed by atoms with Crippen molar-refractivity contribution in [3.05, 3.63) is 91.1 Å². The number of nitro groups is 1. The van der Waals surface area contributed by atoms with Crippen LogP contribution in [0.1, 0.15) is 32.9 Å². The highest BCUT2D eigenvalue weighted by Crippen LogP contribution is 2.31. The average molecular weight is 426 g/mol. The molecule has 6 nitrogen and oxygen atoms in total. The van der Waals surface area contributed by atoms with Crippen LogP contribution < -0.4 is 0 Å². The molecule has 2 aromatic carbocycles. The Labute approximate surface area is 175 Å². The molecular formula is C21H16ClN3O3S. The third-order valence-electron chi connectivity index (χ3n) is 4.94. The predicted molar refractivity (Wildman–Crippen MR) is 114 cm³/mol. The normalized spacial score (nSPS) is 11.1. The summed E-state index contributed by atoms with van der Waals surface area (Å²) in [6.07, 6.45) is 0.644. The Bertz CT molecular complexity index is 1260. The van der Waals surface area contributed by atoms with Gasteiger partial charge in [0.15, 0.2) is 0 Å². The first-order valence-electron chi connectivity index (χ1n) is 8.85. The summed E-state index contributed by atoms with van der Waals surface area (Å²) in [5.41, 5.74) is 3.95. The van der Waals surface area contributed by atoms with Crippen molar-refractivity contribution < 1.29 is 9.72 Å². The van der Waals surface area contributed by atoms with E-state index in [1.807, 2.05) is 32.0 Å². The Morgan fingerprint density at radius 3 is 2.62 bits per heavy atom. The number of halogens is 1. The molecule has 0 radical (unpaired) electrons. The molecule has 4 aromatic rings. The molecule has 0 unspecified atom stereocenters. The Balaban J connectivity index is 1.68. The maximum Gasteiger partial charge on any atom is 0.278 e. The van der Waals surface area contributed by atoms with Crippen LogP contribution >= 0.6 is 22.9 Å². The van der Waals surface area contributed by atoms with Gasteiger partial charge in [0.25, 0.3) is 11.6 Å². The summed E-state index contributed by atoms with van der Waals surface area (Å²) in [5.74, 6) is -0.315. The zero-order chi connectivity index (χ0) is 20.7. The fourth-order valence-electron chi connectivity index (χ4n) is 3.36. The minimum Gasteiger partial charge on any atom is -0.267 e. The molecule has 0 aliphatic heterocycles. The summed E-state index contributed by atoms with van der Waals surface area (Å²) in [7, 11) is 0.